The molecule has 2 rings (SSSR count). The van der Waals surface area contributed by atoms with Gasteiger partial charge in [-0.05, 0) is 0 Å². The monoisotopic (exact) mass is 201 g/mol. The van der Waals surface area contributed by atoms with E-state index in [9.17, 15) is 0 Å². The van der Waals surface area contributed by atoms with E-state index in [1.807, 2.05) is 36.6 Å². The molecule has 0 radical (unpaired) electrons. The first kappa shape index (κ1) is 8.31. The number of hydrogen-bond donors (Lipinski definition) is 1. The van der Waals surface area contributed by atoms with E-state index in [1.54, 1.807) is 4.68 Å². The van der Waals surface area contributed by atoms with Crippen LogP contribution in [-0.2, 0) is 7.05 Å². The summed E-state index contributed by atoms with van der Waals surface area (Å²) in [6.07, 6.45) is 0. The van der Waals surface area contributed by atoms with Gasteiger partial charge in [-0.3, -0.25) is 4.68 Å². The van der Waals surface area contributed by atoms with Crippen molar-refractivity contribution in [3.8, 4) is 0 Å². The van der Waals surface area contributed by atoms with Gasteiger partial charge < -0.3 is 5.73 Å². The van der Waals surface area contributed by atoms with Gasteiger partial charge in [0.2, 0.25) is 0 Å². The fourth-order valence-corrected chi connectivity index (χ4v) is 3.88. The zero-order valence-corrected chi connectivity index (χ0v) is 8.49. The highest BCUT2D eigenvalue weighted by Gasteiger charge is 2.21. The van der Waals surface area contributed by atoms with E-state index in [0.29, 0.717) is 4.58 Å². The van der Waals surface area contributed by atoms with Crippen LogP contribution >= 0.6 is 23.5 Å². The van der Waals surface area contributed by atoms with Gasteiger partial charge in [-0.2, -0.15) is 5.10 Å². The molecule has 2 heterocycles. The highest BCUT2D eigenvalue weighted by molar-refractivity contribution is 8.19. The Labute approximate surface area is 80.1 Å². The van der Waals surface area contributed by atoms with Crippen LogP contribution in [0.4, 0.5) is 5.82 Å². The summed E-state index contributed by atoms with van der Waals surface area (Å²) in [6, 6.07) is 1.97. The molecule has 0 spiro atoms. The molecule has 1 fully saturated rings. The topological polar surface area (TPSA) is 43.8 Å². The van der Waals surface area contributed by atoms with Crippen molar-refractivity contribution in [1.82, 2.24) is 9.78 Å². The lowest BCUT2D eigenvalue weighted by Gasteiger charge is -2.01. The Morgan fingerprint density at radius 3 is 2.75 bits per heavy atom. The fraction of sp³-hybridized carbons (Fsp3) is 0.571. The molecule has 1 aliphatic rings. The van der Waals surface area contributed by atoms with Crippen molar-refractivity contribution in [2.45, 2.75) is 4.58 Å². The average molecular weight is 201 g/mol. The van der Waals surface area contributed by atoms with Gasteiger partial charge in [-0.25, -0.2) is 0 Å². The lowest BCUT2D eigenvalue weighted by Crippen LogP contribution is -1.97. The van der Waals surface area contributed by atoms with E-state index in [4.69, 9.17) is 5.73 Å². The fourth-order valence-electron chi connectivity index (χ4n) is 1.15. The Balaban J connectivity index is 2.21. The number of rotatable bonds is 1. The largest absolute Gasteiger partial charge is 0.384 e. The summed E-state index contributed by atoms with van der Waals surface area (Å²) in [7, 11) is 1.88. The Morgan fingerprint density at radius 2 is 2.25 bits per heavy atom. The van der Waals surface area contributed by atoms with Crippen molar-refractivity contribution in [3.63, 3.8) is 0 Å². The Morgan fingerprint density at radius 1 is 1.58 bits per heavy atom. The number of nitrogens with zero attached hydrogens (tertiary/aromatic N) is 2. The molecule has 0 bridgehead atoms. The molecule has 3 nitrogen and oxygen atoms in total. The maximum Gasteiger partial charge on any atom is 0.121 e. The van der Waals surface area contributed by atoms with E-state index < -0.39 is 0 Å². The first-order valence-corrected chi connectivity index (χ1v) is 5.90. The van der Waals surface area contributed by atoms with Crippen LogP contribution in [0.15, 0.2) is 6.07 Å². The summed E-state index contributed by atoms with van der Waals surface area (Å²) in [5.74, 6) is 3.20. The molecule has 0 unspecified atom stereocenters. The van der Waals surface area contributed by atoms with Crippen LogP contribution in [0, 0.1) is 0 Å². The molecule has 66 valence electrons. The zero-order chi connectivity index (χ0) is 8.55. The van der Waals surface area contributed by atoms with E-state index in [1.165, 1.54) is 11.5 Å². The van der Waals surface area contributed by atoms with Gasteiger partial charge in [0.15, 0.2) is 0 Å². The normalized spacial score (nSPS) is 18.8. The van der Waals surface area contributed by atoms with Crippen molar-refractivity contribution in [2.24, 2.45) is 7.05 Å². The molecule has 0 aliphatic carbocycles. The number of nitrogen functional groups attached to an aromatic ring is 1. The van der Waals surface area contributed by atoms with Gasteiger partial charge in [0.05, 0.1) is 10.3 Å². The molecule has 1 aliphatic heterocycles. The molecular weight excluding hydrogens is 190 g/mol. The standard InChI is InChI=1S/C7H11N3S2/c1-10-6(8)4-5(9-10)7-11-2-3-12-7/h4,7H,2-3,8H2,1H3. The third-order valence-electron chi connectivity index (χ3n) is 1.80. The average Bonchev–Trinajstić information content (AvgIpc) is 2.61. The Hall–Kier alpha value is -0.290. The summed E-state index contributed by atoms with van der Waals surface area (Å²) in [5.41, 5.74) is 6.80. The highest BCUT2D eigenvalue weighted by atomic mass is 32.2. The molecule has 1 aromatic rings. The molecule has 1 aromatic heterocycles. The molecule has 0 aromatic carbocycles. The lowest BCUT2D eigenvalue weighted by atomic mass is 10.5. The minimum Gasteiger partial charge on any atom is -0.384 e. The summed E-state index contributed by atoms with van der Waals surface area (Å²) in [4.78, 5) is 0. The van der Waals surface area contributed by atoms with E-state index in [-0.39, 0.29) is 0 Å². The lowest BCUT2D eigenvalue weighted by molar-refractivity contribution is 0.764. The number of thioether (sulfide) groups is 2. The van der Waals surface area contributed by atoms with Crippen molar-refractivity contribution < 1.29 is 0 Å². The third kappa shape index (κ3) is 1.43. The third-order valence-corrected chi connectivity index (χ3v) is 4.84. The summed E-state index contributed by atoms with van der Waals surface area (Å²) in [6.45, 7) is 0. The number of aryl methyl sites for hydroxylation is 1. The number of hydrogen-bond acceptors (Lipinski definition) is 4. The van der Waals surface area contributed by atoms with Crippen molar-refractivity contribution in [1.29, 1.82) is 0 Å². The molecule has 2 N–H and O–H groups in total. The molecule has 1 saturated heterocycles. The van der Waals surface area contributed by atoms with Crippen LogP contribution < -0.4 is 5.73 Å². The van der Waals surface area contributed by atoms with Gasteiger partial charge in [0.25, 0.3) is 0 Å². The van der Waals surface area contributed by atoms with Gasteiger partial charge >= 0.3 is 0 Å². The summed E-state index contributed by atoms with van der Waals surface area (Å²) >= 11 is 3.90. The van der Waals surface area contributed by atoms with Gasteiger partial charge in [0, 0.05) is 24.6 Å². The Bertz CT molecular complexity index is 259. The van der Waals surface area contributed by atoms with E-state index in [2.05, 4.69) is 5.10 Å². The highest BCUT2D eigenvalue weighted by Crippen LogP contribution is 2.44. The maximum absolute atomic E-state index is 5.69. The van der Waals surface area contributed by atoms with Crippen molar-refractivity contribution >= 4 is 29.3 Å². The predicted octanol–water partition coefficient (Wildman–Crippen LogP) is 1.48. The number of anilines is 1. The van der Waals surface area contributed by atoms with Crippen LogP contribution in [0.1, 0.15) is 10.3 Å². The zero-order valence-electron chi connectivity index (χ0n) is 6.86. The van der Waals surface area contributed by atoms with Crippen LogP contribution in [-0.4, -0.2) is 21.3 Å². The van der Waals surface area contributed by atoms with Crippen LogP contribution in [0.2, 0.25) is 0 Å². The molecule has 0 atom stereocenters. The first-order valence-electron chi connectivity index (χ1n) is 3.80. The van der Waals surface area contributed by atoms with Gasteiger partial charge in [-0.15, -0.1) is 23.5 Å². The predicted molar refractivity (Wildman–Crippen MR) is 55.3 cm³/mol. The molecule has 12 heavy (non-hydrogen) atoms. The number of aromatic nitrogens is 2. The van der Waals surface area contributed by atoms with Crippen molar-refractivity contribution in [2.75, 3.05) is 17.2 Å². The molecular formula is C7H11N3S2. The smallest absolute Gasteiger partial charge is 0.121 e. The van der Waals surface area contributed by atoms with Crippen LogP contribution in [0.5, 0.6) is 0 Å². The van der Waals surface area contributed by atoms with E-state index in [0.717, 1.165) is 11.5 Å². The quantitative estimate of drug-likeness (QED) is 0.747. The van der Waals surface area contributed by atoms with Crippen LogP contribution in [0.3, 0.4) is 0 Å². The first-order chi connectivity index (χ1) is 5.77. The van der Waals surface area contributed by atoms with Crippen LogP contribution in [0.25, 0.3) is 0 Å². The van der Waals surface area contributed by atoms with Gasteiger partial charge in [0.1, 0.15) is 5.82 Å². The SMILES string of the molecule is Cn1nc(C2SCCS2)cc1N. The minimum atomic E-state index is 0.508. The van der Waals surface area contributed by atoms with Crippen molar-refractivity contribution in [3.05, 3.63) is 11.8 Å². The maximum atomic E-state index is 5.69. The second kappa shape index (κ2) is 3.22. The van der Waals surface area contributed by atoms with E-state index >= 15 is 0 Å². The second-order valence-electron chi connectivity index (χ2n) is 2.69. The second-order valence-corrected chi connectivity index (χ2v) is 5.42. The summed E-state index contributed by atoms with van der Waals surface area (Å²) < 4.78 is 2.24. The minimum absolute atomic E-state index is 0.508. The van der Waals surface area contributed by atoms with Gasteiger partial charge in [-0.1, -0.05) is 0 Å². The summed E-state index contributed by atoms with van der Waals surface area (Å²) in [5, 5.41) is 4.34. The Kier molecular flexibility index (Phi) is 2.23. The number of nitrogens with two attached hydrogens (primary N) is 1. The molecule has 0 saturated carbocycles. The molecule has 0 amide bonds. The molecule has 5 heteroatoms.